The molecule has 1 fully saturated rings. The van der Waals surface area contributed by atoms with Gasteiger partial charge in [0, 0.05) is 31.3 Å². The van der Waals surface area contributed by atoms with Crippen molar-refractivity contribution >= 4 is 29.9 Å². The van der Waals surface area contributed by atoms with Crippen molar-refractivity contribution < 1.29 is 9.59 Å². The molecule has 0 spiro atoms. The van der Waals surface area contributed by atoms with Crippen molar-refractivity contribution in [2.45, 2.75) is 19.8 Å². The number of nitrogens with zero attached hydrogens (tertiary/aromatic N) is 1. The minimum absolute atomic E-state index is 0. The molecular formula is C16H24ClN3O2. The summed E-state index contributed by atoms with van der Waals surface area (Å²) < 4.78 is 0. The van der Waals surface area contributed by atoms with Crippen LogP contribution in [0.15, 0.2) is 18.2 Å². The van der Waals surface area contributed by atoms with Crippen LogP contribution in [-0.2, 0) is 4.79 Å². The van der Waals surface area contributed by atoms with E-state index in [1.807, 2.05) is 13.0 Å². The van der Waals surface area contributed by atoms with E-state index in [1.54, 1.807) is 31.1 Å². The van der Waals surface area contributed by atoms with Crippen molar-refractivity contribution in [2.24, 2.45) is 5.92 Å². The monoisotopic (exact) mass is 325 g/mol. The number of carbonyl (C=O) groups is 2. The standard InChI is InChI=1S/C16H23N3O2.ClH/c1-11-10-13(4-5-14(11)16(21)19(2)3)18-15(20)12-6-8-17-9-7-12;/h4-5,10,12,17H,6-9H2,1-3H3,(H,18,20);1H. The molecule has 2 rings (SSSR count). The average Bonchev–Trinajstić information content (AvgIpc) is 2.47. The van der Waals surface area contributed by atoms with Gasteiger partial charge in [-0.1, -0.05) is 0 Å². The molecule has 0 aromatic heterocycles. The van der Waals surface area contributed by atoms with E-state index in [0.29, 0.717) is 5.56 Å². The van der Waals surface area contributed by atoms with Gasteiger partial charge in [-0.15, -0.1) is 12.4 Å². The molecule has 0 aliphatic carbocycles. The molecule has 122 valence electrons. The summed E-state index contributed by atoms with van der Waals surface area (Å²) in [4.78, 5) is 25.7. The summed E-state index contributed by atoms with van der Waals surface area (Å²) in [6.45, 7) is 3.68. The van der Waals surface area contributed by atoms with Crippen molar-refractivity contribution in [3.63, 3.8) is 0 Å². The van der Waals surface area contributed by atoms with Crippen LogP contribution in [0.25, 0.3) is 0 Å². The maximum Gasteiger partial charge on any atom is 0.253 e. The van der Waals surface area contributed by atoms with Crippen LogP contribution in [0.3, 0.4) is 0 Å². The Hall–Kier alpha value is -1.59. The fourth-order valence-corrected chi connectivity index (χ4v) is 2.55. The van der Waals surface area contributed by atoms with Crippen molar-refractivity contribution in [3.05, 3.63) is 29.3 Å². The van der Waals surface area contributed by atoms with Crippen LogP contribution in [0.1, 0.15) is 28.8 Å². The molecule has 1 saturated heterocycles. The lowest BCUT2D eigenvalue weighted by atomic mass is 9.97. The van der Waals surface area contributed by atoms with Crippen LogP contribution < -0.4 is 10.6 Å². The molecule has 5 nitrogen and oxygen atoms in total. The molecule has 2 amide bonds. The van der Waals surface area contributed by atoms with Crippen LogP contribution in [0, 0.1) is 12.8 Å². The highest BCUT2D eigenvalue weighted by atomic mass is 35.5. The van der Waals surface area contributed by atoms with Crippen molar-refractivity contribution in [2.75, 3.05) is 32.5 Å². The second-order valence-electron chi connectivity index (χ2n) is 5.74. The Morgan fingerprint density at radius 2 is 1.86 bits per heavy atom. The molecule has 6 heteroatoms. The Morgan fingerprint density at radius 1 is 1.23 bits per heavy atom. The highest BCUT2D eigenvalue weighted by Crippen LogP contribution is 2.19. The van der Waals surface area contributed by atoms with Gasteiger partial charge in [-0.2, -0.15) is 0 Å². The first-order valence-corrected chi connectivity index (χ1v) is 7.33. The molecule has 1 heterocycles. The van der Waals surface area contributed by atoms with Gasteiger partial charge in [-0.05, 0) is 56.6 Å². The second-order valence-corrected chi connectivity index (χ2v) is 5.74. The van der Waals surface area contributed by atoms with Gasteiger partial charge in [0.25, 0.3) is 5.91 Å². The lowest BCUT2D eigenvalue weighted by molar-refractivity contribution is -0.120. The van der Waals surface area contributed by atoms with E-state index < -0.39 is 0 Å². The number of hydrogen-bond acceptors (Lipinski definition) is 3. The van der Waals surface area contributed by atoms with Crippen molar-refractivity contribution in [3.8, 4) is 0 Å². The van der Waals surface area contributed by atoms with Gasteiger partial charge in [0.05, 0.1) is 0 Å². The number of hydrogen-bond donors (Lipinski definition) is 2. The molecule has 0 bridgehead atoms. The zero-order valence-electron chi connectivity index (χ0n) is 13.3. The van der Waals surface area contributed by atoms with E-state index in [1.165, 1.54) is 0 Å². The summed E-state index contributed by atoms with van der Waals surface area (Å²) in [6.07, 6.45) is 1.75. The molecule has 0 radical (unpaired) electrons. The van der Waals surface area contributed by atoms with E-state index in [-0.39, 0.29) is 30.1 Å². The van der Waals surface area contributed by atoms with Gasteiger partial charge in [0.2, 0.25) is 5.91 Å². The fourth-order valence-electron chi connectivity index (χ4n) is 2.55. The van der Waals surface area contributed by atoms with Crippen LogP contribution in [0.4, 0.5) is 5.69 Å². The number of carbonyl (C=O) groups excluding carboxylic acids is 2. The zero-order valence-corrected chi connectivity index (χ0v) is 14.1. The van der Waals surface area contributed by atoms with Crippen molar-refractivity contribution in [1.82, 2.24) is 10.2 Å². The normalized spacial score (nSPS) is 14.9. The molecule has 1 aliphatic heterocycles. The van der Waals surface area contributed by atoms with Gasteiger partial charge in [0.15, 0.2) is 0 Å². The largest absolute Gasteiger partial charge is 0.345 e. The summed E-state index contributed by atoms with van der Waals surface area (Å²) in [5, 5.41) is 6.21. The lowest BCUT2D eigenvalue weighted by Gasteiger charge is -2.22. The summed E-state index contributed by atoms with van der Waals surface area (Å²) >= 11 is 0. The molecule has 1 aromatic carbocycles. The van der Waals surface area contributed by atoms with Crippen LogP contribution in [0.2, 0.25) is 0 Å². The zero-order chi connectivity index (χ0) is 15.4. The summed E-state index contributed by atoms with van der Waals surface area (Å²) in [7, 11) is 3.46. The van der Waals surface area contributed by atoms with Crippen LogP contribution in [0.5, 0.6) is 0 Å². The second kappa shape index (κ2) is 8.15. The maximum absolute atomic E-state index is 12.2. The first-order valence-electron chi connectivity index (χ1n) is 7.33. The highest BCUT2D eigenvalue weighted by Gasteiger charge is 2.21. The fraction of sp³-hybridized carbons (Fsp3) is 0.500. The van der Waals surface area contributed by atoms with Crippen LogP contribution >= 0.6 is 12.4 Å². The topological polar surface area (TPSA) is 61.4 Å². The summed E-state index contributed by atoms with van der Waals surface area (Å²) in [5.74, 6) is 0.126. The molecule has 2 N–H and O–H groups in total. The number of aryl methyl sites for hydroxylation is 1. The van der Waals surface area contributed by atoms with Crippen LogP contribution in [-0.4, -0.2) is 43.9 Å². The van der Waals surface area contributed by atoms with Gasteiger partial charge in [-0.3, -0.25) is 9.59 Å². The Labute approximate surface area is 137 Å². The average molecular weight is 326 g/mol. The van der Waals surface area contributed by atoms with Gasteiger partial charge in [0.1, 0.15) is 0 Å². The first-order chi connectivity index (χ1) is 9.99. The third-order valence-electron chi connectivity index (χ3n) is 3.84. The smallest absolute Gasteiger partial charge is 0.253 e. The number of amides is 2. The molecule has 0 atom stereocenters. The van der Waals surface area contributed by atoms with Gasteiger partial charge >= 0.3 is 0 Å². The SMILES string of the molecule is Cc1cc(NC(=O)C2CCNCC2)ccc1C(=O)N(C)C.Cl. The minimum Gasteiger partial charge on any atom is -0.345 e. The molecule has 1 aromatic rings. The Kier molecular flexibility index (Phi) is 6.84. The third-order valence-corrected chi connectivity index (χ3v) is 3.84. The molecule has 0 saturated carbocycles. The molecule has 0 unspecified atom stereocenters. The number of anilines is 1. The summed E-state index contributed by atoms with van der Waals surface area (Å²) in [5.41, 5.74) is 2.29. The maximum atomic E-state index is 12.2. The van der Waals surface area contributed by atoms with Gasteiger partial charge < -0.3 is 15.5 Å². The van der Waals surface area contributed by atoms with Crippen molar-refractivity contribution in [1.29, 1.82) is 0 Å². The predicted molar refractivity (Wildman–Crippen MR) is 90.7 cm³/mol. The number of halogens is 1. The van der Waals surface area contributed by atoms with E-state index in [4.69, 9.17) is 0 Å². The van der Waals surface area contributed by atoms with E-state index >= 15 is 0 Å². The van der Waals surface area contributed by atoms with E-state index in [2.05, 4.69) is 10.6 Å². The summed E-state index contributed by atoms with van der Waals surface area (Å²) in [6, 6.07) is 5.42. The van der Waals surface area contributed by atoms with Gasteiger partial charge in [-0.25, -0.2) is 0 Å². The Morgan fingerprint density at radius 3 is 2.41 bits per heavy atom. The highest BCUT2D eigenvalue weighted by molar-refractivity contribution is 5.97. The number of rotatable bonds is 3. The Bertz CT molecular complexity index is 540. The molecular weight excluding hydrogens is 302 g/mol. The lowest BCUT2D eigenvalue weighted by Crippen LogP contribution is -2.34. The number of benzene rings is 1. The van der Waals surface area contributed by atoms with E-state index in [9.17, 15) is 9.59 Å². The predicted octanol–water partition coefficient (Wildman–Crippen LogP) is 2.06. The number of piperidine rings is 1. The Balaban J connectivity index is 0.00000242. The minimum atomic E-state index is -0.0243. The molecule has 22 heavy (non-hydrogen) atoms. The quantitative estimate of drug-likeness (QED) is 0.894. The third kappa shape index (κ3) is 4.45. The molecule has 1 aliphatic rings. The number of nitrogens with one attached hydrogen (secondary N) is 2. The van der Waals surface area contributed by atoms with E-state index in [0.717, 1.165) is 37.2 Å². The first kappa shape index (κ1) is 18.5.